The van der Waals surface area contributed by atoms with Gasteiger partial charge in [0, 0.05) is 6.07 Å². The molecule has 0 bridgehead atoms. The molecule has 2 aromatic rings. The summed E-state index contributed by atoms with van der Waals surface area (Å²) in [6.45, 7) is 3.61. The van der Waals surface area contributed by atoms with Crippen LogP contribution in [0.5, 0.6) is 5.75 Å². The zero-order valence-corrected chi connectivity index (χ0v) is 12.0. The predicted octanol–water partition coefficient (Wildman–Crippen LogP) is 3.43. The first-order chi connectivity index (χ1) is 9.60. The fourth-order valence-electron chi connectivity index (χ4n) is 1.65. The van der Waals surface area contributed by atoms with Gasteiger partial charge in [0.1, 0.15) is 11.5 Å². The monoisotopic (exact) mass is 294 g/mol. The molecule has 2 rings (SSSR count). The summed E-state index contributed by atoms with van der Waals surface area (Å²) in [6, 6.07) is 8.67. The van der Waals surface area contributed by atoms with E-state index in [2.05, 4.69) is 10.5 Å². The topological polar surface area (TPSA) is 64.4 Å². The number of hydrogen-bond donors (Lipinski definition) is 1. The van der Waals surface area contributed by atoms with Gasteiger partial charge in [-0.1, -0.05) is 35.8 Å². The first-order valence-electron chi connectivity index (χ1n) is 6.25. The van der Waals surface area contributed by atoms with E-state index in [0.717, 1.165) is 0 Å². The first kappa shape index (κ1) is 14.4. The van der Waals surface area contributed by atoms with Gasteiger partial charge in [0.15, 0.2) is 11.9 Å². The van der Waals surface area contributed by atoms with Gasteiger partial charge in [0.25, 0.3) is 5.91 Å². The highest BCUT2D eigenvalue weighted by atomic mass is 35.5. The second-order valence-electron chi connectivity index (χ2n) is 4.26. The standard InChI is InChI=1S/C14H15ClN2O3/c1-3-11(19-12-7-5-4-6-10(12)15)14(18)16-13-8-9(2)20-17-13/h4-8,11H,3H2,1-2H3,(H,16,17,18). The fraction of sp³-hybridized carbons (Fsp3) is 0.286. The number of aryl methyl sites for hydroxylation is 1. The SMILES string of the molecule is CCC(Oc1ccccc1Cl)C(=O)Nc1cc(C)on1. The second-order valence-corrected chi connectivity index (χ2v) is 4.66. The van der Waals surface area contributed by atoms with Gasteiger partial charge in [0.05, 0.1) is 5.02 Å². The number of nitrogens with zero attached hydrogens (tertiary/aromatic N) is 1. The summed E-state index contributed by atoms with van der Waals surface area (Å²) in [4.78, 5) is 12.1. The van der Waals surface area contributed by atoms with E-state index in [1.165, 1.54) is 0 Å². The highest BCUT2D eigenvalue weighted by Gasteiger charge is 2.20. The predicted molar refractivity (Wildman–Crippen MR) is 76.0 cm³/mol. The summed E-state index contributed by atoms with van der Waals surface area (Å²) in [5.41, 5.74) is 0. The van der Waals surface area contributed by atoms with E-state index in [4.69, 9.17) is 20.9 Å². The number of anilines is 1. The average Bonchev–Trinajstić information content (AvgIpc) is 2.83. The molecule has 0 aliphatic carbocycles. The Balaban J connectivity index is 2.04. The number of aromatic nitrogens is 1. The summed E-state index contributed by atoms with van der Waals surface area (Å²) in [5, 5.41) is 6.82. The van der Waals surface area contributed by atoms with Gasteiger partial charge in [-0.25, -0.2) is 0 Å². The van der Waals surface area contributed by atoms with Crippen molar-refractivity contribution in [2.45, 2.75) is 26.4 Å². The molecule has 1 unspecified atom stereocenters. The van der Waals surface area contributed by atoms with E-state index in [-0.39, 0.29) is 5.91 Å². The Hall–Kier alpha value is -2.01. The summed E-state index contributed by atoms with van der Waals surface area (Å²) in [5.74, 6) is 1.18. The van der Waals surface area contributed by atoms with Gasteiger partial charge in [0.2, 0.25) is 0 Å². The molecule has 20 heavy (non-hydrogen) atoms. The molecule has 1 atom stereocenters. The van der Waals surface area contributed by atoms with Crippen molar-refractivity contribution in [3.05, 3.63) is 41.1 Å². The molecule has 6 heteroatoms. The maximum Gasteiger partial charge on any atom is 0.266 e. The summed E-state index contributed by atoms with van der Waals surface area (Å²) >= 11 is 6.01. The molecule has 0 saturated heterocycles. The highest BCUT2D eigenvalue weighted by molar-refractivity contribution is 6.32. The van der Waals surface area contributed by atoms with Crippen molar-refractivity contribution in [3.63, 3.8) is 0 Å². The third kappa shape index (κ3) is 3.51. The molecule has 0 saturated carbocycles. The van der Waals surface area contributed by atoms with Gasteiger partial charge in [-0.15, -0.1) is 0 Å². The van der Waals surface area contributed by atoms with Crippen LogP contribution in [0.1, 0.15) is 19.1 Å². The number of amides is 1. The van der Waals surface area contributed by atoms with E-state index in [9.17, 15) is 4.79 Å². The molecular formula is C14H15ClN2O3. The number of benzene rings is 1. The zero-order chi connectivity index (χ0) is 14.5. The molecule has 0 aliphatic rings. The lowest BCUT2D eigenvalue weighted by molar-refractivity contribution is -0.122. The smallest absolute Gasteiger partial charge is 0.266 e. The van der Waals surface area contributed by atoms with Gasteiger partial charge in [-0.3, -0.25) is 4.79 Å². The largest absolute Gasteiger partial charge is 0.479 e. The van der Waals surface area contributed by atoms with Crippen LogP contribution in [0, 0.1) is 6.92 Å². The Morgan fingerprint density at radius 1 is 1.50 bits per heavy atom. The van der Waals surface area contributed by atoms with Gasteiger partial charge in [-0.05, 0) is 25.5 Å². The van der Waals surface area contributed by atoms with Crippen LogP contribution < -0.4 is 10.1 Å². The van der Waals surface area contributed by atoms with Crippen molar-refractivity contribution in [2.75, 3.05) is 5.32 Å². The second kappa shape index (κ2) is 6.43. The van der Waals surface area contributed by atoms with E-state index in [1.807, 2.05) is 6.92 Å². The minimum Gasteiger partial charge on any atom is -0.479 e. The third-order valence-corrected chi connectivity index (χ3v) is 2.96. The molecule has 1 heterocycles. The normalized spacial score (nSPS) is 11.9. The van der Waals surface area contributed by atoms with E-state index in [0.29, 0.717) is 28.8 Å². The van der Waals surface area contributed by atoms with E-state index >= 15 is 0 Å². The number of rotatable bonds is 5. The Kier molecular flexibility index (Phi) is 4.63. The summed E-state index contributed by atoms with van der Waals surface area (Å²) < 4.78 is 10.5. The van der Waals surface area contributed by atoms with Gasteiger partial charge >= 0.3 is 0 Å². The lowest BCUT2D eigenvalue weighted by atomic mass is 10.2. The number of carbonyl (C=O) groups excluding carboxylic acids is 1. The molecule has 5 nitrogen and oxygen atoms in total. The number of carbonyl (C=O) groups is 1. The zero-order valence-electron chi connectivity index (χ0n) is 11.2. The Morgan fingerprint density at radius 2 is 2.25 bits per heavy atom. The lowest BCUT2D eigenvalue weighted by Gasteiger charge is -2.17. The van der Waals surface area contributed by atoms with Crippen LogP contribution >= 0.6 is 11.6 Å². The van der Waals surface area contributed by atoms with Crippen LogP contribution in [0.2, 0.25) is 5.02 Å². The van der Waals surface area contributed by atoms with Crippen molar-refractivity contribution in [1.29, 1.82) is 0 Å². The molecular weight excluding hydrogens is 280 g/mol. The van der Waals surface area contributed by atoms with Crippen molar-refractivity contribution in [3.8, 4) is 5.75 Å². The lowest BCUT2D eigenvalue weighted by Crippen LogP contribution is -2.32. The van der Waals surface area contributed by atoms with Gasteiger partial charge < -0.3 is 14.6 Å². The van der Waals surface area contributed by atoms with E-state index < -0.39 is 6.10 Å². The quantitative estimate of drug-likeness (QED) is 0.917. The van der Waals surface area contributed by atoms with Crippen LogP contribution in [0.15, 0.2) is 34.9 Å². The molecule has 0 spiro atoms. The van der Waals surface area contributed by atoms with Crippen LogP contribution in [-0.2, 0) is 4.79 Å². The molecule has 0 aliphatic heterocycles. The minimum absolute atomic E-state index is 0.291. The number of halogens is 1. The Bertz CT molecular complexity index is 598. The van der Waals surface area contributed by atoms with Crippen LogP contribution in [0.4, 0.5) is 5.82 Å². The van der Waals surface area contributed by atoms with Crippen molar-refractivity contribution in [1.82, 2.24) is 5.16 Å². The van der Waals surface area contributed by atoms with E-state index in [1.54, 1.807) is 37.3 Å². The Morgan fingerprint density at radius 3 is 2.85 bits per heavy atom. The maximum atomic E-state index is 12.1. The minimum atomic E-state index is -0.646. The van der Waals surface area contributed by atoms with Crippen LogP contribution in [0.3, 0.4) is 0 Å². The molecule has 1 aromatic heterocycles. The number of ether oxygens (including phenoxy) is 1. The number of nitrogens with one attached hydrogen (secondary N) is 1. The average molecular weight is 295 g/mol. The first-order valence-corrected chi connectivity index (χ1v) is 6.63. The third-order valence-electron chi connectivity index (χ3n) is 2.65. The summed E-state index contributed by atoms with van der Waals surface area (Å²) in [7, 11) is 0. The molecule has 1 amide bonds. The fourth-order valence-corrected chi connectivity index (χ4v) is 1.83. The molecule has 0 radical (unpaired) electrons. The highest BCUT2D eigenvalue weighted by Crippen LogP contribution is 2.25. The molecule has 0 fully saturated rings. The van der Waals surface area contributed by atoms with Gasteiger partial charge in [-0.2, -0.15) is 0 Å². The maximum absolute atomic E-state index is 12.1. The summed E-state index contributed by atoms with van der Waals surface area (Å²) in [6.07, 6.45) is -0.139. The molecule has 106 valence electrons. The van der Waals surface area contributed by atoms with Crippen LogP contribution in [0.25, 0.3) is 0 Å². The molecule has 1 N–H and O–H groups in total. The number of para-hydroxylation sites is 1. The van der Waals surface area contributed by atoms with Crippen molar-refractivity contribution >= 4 is 23.3 Å². The van der Waals surface area contributed by atoms with Crippen molar-refractivity contribution in [2.24, 2.45) is 0 Å². The Labute approximate surface area is 121 Å². The van der Waals surface area contributed by atoms with Crippen LogP contribution in [-0.4, -0.2) is 17.2 Å². The van der Waals surface area contributed by atoms with Crippen molar-refractivity contribution < 1.29 is 14.1 Å². The molecule has 1 aromatic carbocycles. The number of hydrogen-bond acceptors (Lipinski definition) is 4.